The van der Waals surface area contributed by atoms with E-state index >= 15 is 0 Å². The summed E-state index contributed by atoms with van der Waals surface area (Å²) >= 11 is 0. The summed E-state index contributed by atoms with van der Waals surface area (Å²) in [6.07, 6.45) is 9.92. The van der Waals surface area contributed by atoms with E-state index in [1.54, 1.807) is 7.11 Å². The van der Waals surface area contributed by atoms with Crippen LogP contribution in [-0.2, 0) is 4.74 Å². The quantitative estimate of drug-likeness (QED) is 0.685. The van der Waals surface area contributed by atoms with Crippen molar-refractivity contribution in [1.82, 2.24) is 0 Å². The molecule has 0 aromatic carbocycles. The van der Waals surface area contributed by atoms with Crippen molar-refractivity contribution in [3.05, 3.63) is 34.4 Å². The molecule has 0 aromatic rings. The van der Waals surface area contributed by atoms with Crippen LogP contribution in [0.5, 0.6) is 0 Å². The van der Waals surface area contributed by atoms with Crippen molar-refractivity contribution >= 4 is 0 Å². The fourth-order valence-electron chi connectivity index (χ4n) is 7.32. The molecule has 4 aliphatic carbocycles. The Morgan fingerprint density at radius 1 is 1.19 bits per heavy atom. The molecule has 144 valence electrons. The van der Waals surface area contributed by atoms with Gasteiger partial charge in [-0.2, -0.15) is 0 Å². The number of fused-ring (bicyclic) bond motifs is 5. The number of hydrogen-bond acceptors (Lipinski definition) is 2. The van der Waals surface area contributed by atoms with Gasteiger partial charge in [-0.3, -0.25) is 0 Å². The molecular weight excluding hydrogens is 327 g/mol. The molecule has 26 heavy (non-hydrogen) atoms. The molecule has 5 atom stereocenters. The smallest absolute Gasteiger partial charge is 0.125 e. The zero-order chi connectivity index (χ0) is 18.7. The van der Waals surface area contributed by atoms with E-state index in [9.17, 15) is 9.50 Å². The van der Waals surface area contributed by atoms with Crippen LogP contribution in [0.2, 0.25) is 0 Å². The number of hydrogen-bond donors (Lipinski definition) is 1. The Bertz CT molecular complexity index is 703. The molecule has 2 saturated carbocycles. The summed E-state index contributed by atoms with van der Waals surface area (Å²) in [4.78, 5) is 0. The Hall–Kier alpha value is -1.09. The Balaban J connectivity index is 1.72. The second-order valence-corrected chi connectivity index (χ2v) is 9.44. The number of methoxy groups -OCH3 is 1. The minimum absolute atomic E-state index is 0.0487. The van der Waals surface area contributed by atoms with Crippen LogP contribution in [0.3, 0.4) is 0 Å². The lowest BCUT2D eigenvalue weighted by Gasteiger charge is -2.57. The zero-order valence-electron chi connectivity index (χ0n) is 16.7. The molecule has 0 aliphatic heterocycles. The van der Waals surface area contributed by atoms with E-state index in [1.165, 1.54) is 17.6 Å². The molecule has 0 amide bonds. The number of ether oxygens (including phenoxy) is 1. The molecule has 3 heteroatoms. The molecule has 2 nitrogen and oxygen atoms in total. The topological polar surface area (TPSA) is 29.5 Å². The van der Waals surface area contributed by atoms with E-state index in [2.05, 4.69) is 26.8 Å². The van der Waals surface area contributed by atoms with Gasteiger partial charge in [-0.15, -0.1) is 0 Å². The molecule has 4 rings (SSSR count). The minimum atomic E-state index is -0.433. The number of halogens is 1. The average Bonchev–Trinajstić information content (AvgIpc) is 2.98. The van der Waals surface area contributed by atoms with Crippen LogP contribution in [0.15, 0.2) is 34.4 Å². The normalized spacial score (nSPS) is 44.1. The molecule has 0 aromatic heterocycles. The lowest BCUT2D eigenvalue weighted by molar-refractivity contribution is -0.0102. The first-order valence-electron chi connectivity index (χ1n) is 10.3. The number of aliphatic hydroxyl groups excluding tert-OH is 1. The lowest BCUT2D eigenvalue weighted by Crippen LogP contribution is -2.48. The molecule has 0 radical (unpaired) electrons. The monoisotopic (exact) mass is 360 g/mol. The summed E-state index contributed by atoms with van der Waals surface area (Å²) in [5.41, 5.74) is 3.97. The number of allylic oxidation sites excluding steroid dienone is 5. The van der Waals surface area contributed by atoms with Gasteiger partial charge in [0, 0.05) is 6.42 Å². The molecule has 0 bridgehead atoms. The molecule has 0 spiro atoms. The van der Waals surface area contributed by atoms with Gasteiger partial charge < -0.3 is 9.84 Å². The fourth-order valence-corrected chi connectivity index (χ4v) is 7.32. The first-order chi connectivity index (χ1) is 12.4. The van der Waals surface area contributed by atoms with Crippen molar-refractivity contribution in [2.24, 2.45) is 28.6 Å². The molecule has 0 saturated heterocycles. The van der Waals surface area contributed by atoms with Gasteiger partial charge in [0.25, 0.3) is 0 Å². The largest absolute Gasteiger partial charge is 0.501 e. The summed E-state index contributed by atoms with van der Waals surface area (Å²) in [7, 11) is 1.79. The van der Waals surface area contributed by atoms with Gasteiger partial charge in [0.05, 0.1) is 19.5 Å². The summed E-state index contributed by atoms with van der Waals surface area (Å²) in [5.74, 6) is 2.78. The maximum absolute atomic E-state index is 14.4. The maximum Gasteiger partial charge on any atom is 0.125 e. The summed E-state index contributed by atoms with van der Waals surface area (Å²) < 4.78 is 20.0. The van der Waals surface area contributed by atoms with Gasteiger partial charge >= 0.3 is 0 Å². The highest BCUT2D eigenvalue weighted by Crippen LogP contribution is 2.66. The molecule has 1 N–H and O–H groups in total. The predicted molar refractivity (Wildman–Crippen MR) is 102 cm³/mol. The third-order valence-electron chi connectivity index (χ3n) is 8.66. The van der Waals surface area contributed by atoms with Gasteiger partial charge in [0.15, 0.2) is 0 Å². The standard InChI is InChI=1S/C23H33FO2/c1-14-16-6-5-15-17-7-8-19(20(24)13-25)23(17,3)11-9-18(15)22(16,2)12-10-21(14)26-4/h6,15,17-18,25H,5,7-13H2,1-4H3. The van der Waals surface area contributed by atoms with Gasteiger partial charge in [-0.1, -0.05) is 19.9 Å². The van der Waals surface area contributed by atoms with Crippen molar-refractivity contribution in [3.63, 3.8) is 0 Å². The Morgan fingerprint density at radius 3 is 2.62 bits per heavy atom. The van der Waals surface area contributed by atoms with Crippen LogP contribution < -0.4 is 0 Å². The van der Waals surface area contributed by atoms with Crippen LogP contribution >= 0.6 is 0 Å². The van der Waals surface area contributed by atoms with Crippen molar-refractivity contribution < 1.29 is 14.2 Å². The van der Waals surface area contributed by atoms with Gasteiger partial charge in [-0.05, 0) is 90.8 Å². The van der Waals surface area contributed by atoms with E-state index in [0.717, 1.165) is 49.9 Å². The minimum Gasteiger partial charge on any atom is -0.501 e. The third kappa shape index (κ3) is 2.32. The van der Waals surface area contributed by atoms with Crippen LogP contribution in [0, 0.1) is 28.6 Å². The van der Waals surface area contributed by atoms with E-state index in [-0.39, 0.29) is 16.7 Å². The SMILES string of the molecule is COC1=C(C)C2=CCC3C(CCC4(C)C(=C(F)CO)CCC34)C2(C)CC1. The molecule has 5 unspecified atom stereocenters. The molecule has 0 heterocycles. The summed E-state index contributed by atoms with van der Waals surface area (Å²) in [6, 6.07) is 0. The predicted octanol–water partition coefficient (Wildman–Crippen LogP) is 5.70. The zero-order valence-corrected chi connectivity index (χ0v) is 16.7. The fraction of sp³-hybridized carbons (Fsp3) is 0.739. The average molecular weight is 361 g/mol. The van der Waals surface area contributed by atoms with E-state index in [4.69, 9.17) is 4.74 Å². The van der Waals surface area contributed by atoms with Crippen molar-refractivity contribution in [2.45, 2.75) is 65.7 Å². The highest BCUT2D eigenvalue weighted by molar-refractivity contribution is 5.43. The van der Waals surface area contributed by atoms with Gasteiger partial charge in [-0.25, -0.2) is 4.39 Å². The first-order valence-corrected chi connectivity index (χ1v) is 10.3. The Morgan fingerprint density at radius 2 is 1.92 bits per heavy atom. The van der Waals surface area contributed by atoms with Crippen LogP contribution in [0.1, 0.15) is 65.7 Å². The van der Waals surface area contributed by atoms with Crippen LogP contribution in [0.25, 0.3) is 0 Å². The van der Waals surface area contributed by atoms with Crippen LogP contribution in [-0.4, -0.2) is 18.8 Å². The molecule has 2 fully saturated rings. The third-order valence-corrected chi connectivity index (χ3v) is 8.66. The summed E-state index contributed by atoms with van der Waals surface area (Å²) in [6.45, 7) is 6.52. The number of aliphatic hydroxyl groups is 1. The van der Waals surface area contributed by atoms with Crippen molar-refractivity contribution in [2.75, 3.05) is 13.7 Å². The first kappa shape index (κ1) is 18.3. The van der Waals surface area contributed by atoms with Gasteiger partial charge in [0.2, 0.25) is 0 Å². The molecule has 4 aliphatic rings. The highest BCUT2D eigenvalue weighted by atomic mass is 19.1. The van der Waals surface area contributed by atoms with Gasteiger partial charge in [0.1, 0.15) is 5.83 Å². The van der Waals surface area contributed by atoms with E-state index in [0.29, 0.717) is 17.8 Å². The lowest BCUT2D eigenvalue weighted by atomic mass is 9.48. The van der Waals surface area contributed by atoms with Crippen LogP contribution in [0.4, 0.5) is 4.39 Å². The highest BCUT2D eigenvalue weighted by Gasteiger charge is 2.57. The Kier molecular flexibility index (Phi) is 4.38. The van der Waals surface area contributed by atoms with Crippen molar-refractivity contribution in [3.8, 4) is 0 Å². The van der Waals surface area contributed by atoms with E-state index in [1.807, 2.05) is 0 Å². The molecular formula is C23H33FO2. The van der Waals surface area contributed by atoms with E-state index < -0.39 is 6.61 Å². The summed E-state index contributed by atoms with van der Waals surface area (Å²) in [5, 5.41) is 9.35. The number of rotatable bonds is 2. The maximum atomic E-state index is 14.4. The second-order valence-electron chi connectivity index (χ2n) is 9.44. The van der Waals surface area contributed by atoms with Crippen molar-refractivity contribution in [1.29, 1.82) is 0 Å². The second kappa shape index (κ2) is 6.22. The Labute approximate surface area is 157 Å².